The van der Waals surface area contributed by atoms with Crippen LogP contribution in [-0.2, 0) is 6.42 Å². The fourth-order valence-corrected chi connectivity index (χ4v) is 5.35. The summed E-state index contributed by atoms with van der Waals surface area (Å²) in [6.07, 6.45) is 5.28. The summed E-state index contributed by atoms with van der Waals surface area (Å²) in [7, 11) is 3.25. The Hall–Kier alpha value is -2.93. The molecule has 1 aromatic heterocycles. The molecule has 0 aliphatic heterocycles. The van der Waals surface area contributed by atoms with Crippen LogP contribution >= 0.6 is 11.3 Å². The van der Waals surface area contributed by atoms with Gasteiger partial charge in [-0.1, -0.05) is 18.2 Å². The first-order chi connectivity index (χ1) is 16.6. The predicted octanol–water partition coefficient (Wildman–Crippen LogP) is 5.94. The van der Waals surface area contributed by atoms with Crippen LogP contribution in [0.5, 0.6) is 11.5 Å². The van der Waals surface area contributed by atoms with Crippen LogP contribution in [-0.4, -0.2) is 43.1 Å². The average molecular weight is 481 g/mol. The Morgan fingerprint density at radius 1 is 1.06 bits per heavy atom. The molecule has 1 amide bonds. The van der Waals surface area contributed by atoms with Crippen molar-refractivity contribution in [1.82, 2.24) is 9.88 Å². The fraction of sp³-hybridized carbons (Fsp3) is 0.407. The number of hydrogen-bond acceptors (Lipinski definition) is 5. The van der Waals surface area contributed by atoms with Gasteiger partial charge >= 0.3 is 0 Å². The first-order valence-electron chi connectivity index (χ1n) is 11.8. The van der Waals surface area contributed by atoms with Crippen LogP contribution in [0.25, 0.3) is 10.4 Å². The second-order valence-electron chi connectivity index (χ2n) is 9.14. The molecule has 2 saturated carbocycles. The molecule has 3 aromatic rings. The number of ether oxygens (including phenoxy) is 2. The zero-order chi connectivity index (χ0) is 23.7. The summed E-state index contributed by atoms with van der Waals surface area (Å²) in [5.74, 6) is 2.08. The van der Waals surface area contributed by atoms with Crippen molar-refractivity contribution in [1.29, 1.82) is 0 Å². The van der Waals surface area contributed by atoms with Crippen LogP contribution in [0.1, 0.15) is 52.7 Å². The lowest BCUT2D eigenvalue weighted by atomic mass is 10.1. The molecular weight excluding hydrogens is 451 g/mol. The maximum Gasteiger partial charge on any atom is 0.274 e. The molecule has 2 aliphatic rings. The standard InChI is InChI=1S/C27H29FN2O3S/c1-32-22-12-5-17(15-23(22)33-2)13-14-30(16-18-3-4-18)27(31)24-25(19-8-10-21(28)11-9-19)34-26(29-24)20-6-7-20/h5,8-12,15,18,20H,3-4,6-7,13-14,16H2,1-2H3. The number of nitrogens with zero attached hydrogens (tertiary/aromatic N) is 2. The van der Waals surface area contributed by atoms with Crippen LogP contribution in [0, 0.1) is 11.7 Å². The highest BCUT2D eigenvalue weighted by Gasteiger charge is 2.33. The zero-order valence-electron chi connectivity index (χ0n) is 19.6. The Labute approximate surface area is 203 Å². The van der Waals surface area contributed by atoms with Crippen molar-refractivity contribution in [2.24, 2.45) is 5.92 Å². The normalized spacial score (nSPS) is 15.3. The van der Waals surface area contributed by atoms with Crippen molar-refractivity contribution in [2.45, 2.75) is 38.0 Å². The van der Waals surface area contributed by atoms with Crippen LogP contribution < -0.4 is 9.47 Å². The number of benzene rings is 2. The number of halogens is 1. The van der Waals surface area contributed by atoms with Crippen molar-refractivity contribution in [3.05, 3.63) is 64.5 Å². The van der Waals surface area contributed by atoms with Gasteiger partial charge in [0.1, 0.15) is 11.5 Å². The number of carbonyl (C=O) groups excluding carboxylic acids is 1. The topological polar surface area (TPSA) is 51.7 Å². The van der Waals surface area contributed by atoms with E-state index >= 15 is 0 Å². The summed E-state index contributed by atoms with van der Waals surface area (Å²) in [6, 6.07) is 12.3. The van der Waals surface area contributed by atoms with E-state index in [2.05, 4.69) is 0 Å². The molecule has 0 spiro atoms. The Morgan fingerprint density at radius 3 is 2.44 bits per heavy atom. The molecular formula is C27H29FN2O3S. The van der Waals surface area contributed by atoms with Gasteiger partial charge in [0.05, 0.1) is 24.1 Å². The first-order valence-corrected chi connectivity index (χ1v) is 12.6. The lowest BCUT2D eigenvalue weighted by Crippen LogP contribution is -2.35. The number of amides is 1. The van der Waals surface area contributed by atoms with E-state index in [9.17, 15) is 9.18 Å². The van der Waals surface area contributed by atoms with Gasteiger partial charge in [0.15, 0.2) is 11.5 Å². The molecule has 7 heteroatoms. The van der Waals surface area contributed by atoms with Crippen LogP contribution in [0.3, 0.4) is 0 Å². The lowest BCUT2D eigenvalue weighted by molar-refractivity contribution is 0.0745. The second kappa shape index (κ2) is 9.74. The number of aromatic nitrogens is 1. The van der Waals surface area contributed by atoms with Gasteiger partial charge in [-0.25, -0.2) is 9.37 Å². The minimum absolute atomic E-state index is 0.0325. The van der Waals surface area contributed by atoms with Gasteiger partial charge in [-0.15, -0.1) is 11.3 Å². The molecule has 178 valence electrons. The van der Waals surface area contributed by atoms with Crippen LogP contribution in [0.4, 0.5) is 4.39 Å². The molecule has 5 rings (SSSR count). The average Bonchev–Trinajstić information content (AvgIpc) is 3.80. The highest BCUT2D eigenvalue weighted by molar-refractivity contribution is 7.15. The van der Waals surface area contributed by atoms with Crippen molar-refractivity contribution in [2.75, 3.05) is 27.3 Å². The summed E-state index contributed by atoms with van der Waals surface area (Å²) in [6.45, 7) is 1.34. The van der Waals surface area contributed by atoms with Gasteiger partial charge in [-0.2, -0.15) is 0 Å². The molecule has 5 nitrogen and oxygen atoms in total. The summed E-state index contributed by atoms with van der Waals surface area (Å²) in [5, 5.41) is 1.02. The molecule has 2 aromatic carbocycles. The Kier molecular flexibility index (Phi) is 6.55. The van der Waals surface area contributed by atoms with Gasteiger partial charge in [0, 0.05) is 19.0 Å². The van der Waals surface area contributed by atoms with E-state index < -0.39 is 0 Å². The Bertz CT molecular complexity index is 1170. The summed E-state index contributed by atoms with van der Waals surface area (Å²) >= 11 is 1.58. The maximum atomic E-state index is 13.8. The number of thiazole rings is 1. The molecule has 0 radical (unpaired) electrons. The van der Waals surface area contributed by atoms with E-state index in [0.29, 0.717) is 42.0 Å². The molecule has 1 heterocycles. The smallest absolute Gasteiger partial charge is 0.274 e. The third kappa shape index (κ3) is 5.09. The van der Waals surface area contributed by atoms with Gasteiger partial charge < -0.3 is 14.4 Å². The zero-order valence-corrected chi connectivity index (χ0v) is 20.4. The largest absolute Gasteiger partial charge is 0.493 e. The van der Waals surface area contributed by atoms with Gasteiger partial charge in [-0.05, 0) is 73.4 Å². The van der Waals surface area contributed by atoms with Gasteiger partial charge in [0.25, 0.3) is 5.91 Å². The molecule has 0 bridgehead atoms. The number of rotatable bonds is 10. The van der Waals surface area contributed by atoms with E-state index in [1.807, 2.05) is 23.1 Å². The van der Waals surface area contributed by atoms with E-state index in [4.69, 9.17) is 14.5 Å². The molecule has 2 aliphatic carbocycles. The first kappa shape index (κ1) is 22.8. The molecule has 0 atom stereocenters. The van der Waals surface area contributed by atoms with Crippen molar-refractivity contribution in [3.8, 4) is 21.9 Å². The lowest BCUT2D eigenvalue weighted by Gasteiger charge is -2.23. The van der Waals surface area contributed by atoms with E-state index in [1.165, 1.54) is 12.1 Å². The predicted molar refractivity (Wildman–Crippen MR) is 131 cm³/mol. The van der Waals surface area contributed by atoms with E-state index in [0.717, 1.165) is 53.2 Å². The molecule has 2 fully saturated rings. The highest BCUT2D eigenvalue weighted by atomic mass is 32.1. The molecule has 0 unspecified atom stereocenters. The molecule has 0 saturated heterocycles. The molecule has 0 N–H and O–H groups in total. The number of methoxy groups -OCH3 is 2. The Morgan fingerprint density at radius 2 is 1.79 bits per heavy atom. The van der Waals surface area contributed by atoms with Gasteiger partial charge in [-0.3, -0.25) is 4.79 Å². The SMILES string of the molecule is COc1ccc(CCN(CC2CC2)C(=O)c2nc(C3CC3)sc2-c2ccc(F)cc2)cc1OC. The van der Waals surface area contributed by atoms with Crippen molar-refractivity contribution >= 4 is 17.2 Å². The van der Waals surface area contributed by atoms with E-state index in [-0.39, 0.29) is 11.7 Å². The minimum Gasteiger partial charge on any atom is -0.493 e. The number of carbonyl (C=O) groups is 1. The summed E-state index contributed by atoms with van der Waals surface area (Å²) in [5.41, 5.74) is 2.44. The third-order valence-corrected chi connectivity index (χ3v) is 7.73. The monoisotopic (exact) mass is 480 g/mol. The van der Waals surface area contributed by atoms with Crippen molar-refractivity contribution in [3.63, 3.8) is 0 Å². The highest BCUT2D eigenvalue weighted by Crippen LogP contribution is 2.45. The second-order valence-corrected chi connectivity index (χ2v) is 10.2. The van der Waals surface area contributed by atoms with Crippen LogP contribution in [0.15, 0.2) is 42.5 Å². The summed E-state index contributed by atoms with van der Waals surface area (Å²) in [4.78, 5) is 21.4. The number of hydrogen-bond donors (Lipinski definition) is 0. The van der Waals surface area contributed by atoms with E-state index in [1.54, 1.807) is 37.7 Å². The summed E-state index contributed by atoms with van der Waals surface area (Å²) < 4.78 is 24.3. The Balaban J connectivity index is 1.40. The molecule has 34 heavy (non-hydrogen) atoms. The fourth-order valence-electron chi connectivity index (χ4n) is 4.12. The van der Waals surface area contributed by atoms with Gasteiger partial charge in [0.2, 0.25) is 0 Å². The van der Waals surface area contributed by atoms with Crippen LogP contribution in [0.2, 0.25) is 0 Å². The quantitative estimate of drug-likeness (QED) is 0.360. The maximum absolute atomic E-state index is 13.8. The third-order valence-electron chi connectivity index (χ3n) is 6.46. The van der Waals surface area contributed by atoms with Crippen molar-refractivity contribution < 1.29 is 18.7 Å². The minimum atomic E-state index is -0.283.